The highest BCUT2D eigenvalue weighted by molar-refractivity contribution is 9.10. The molecular formula is C14H16BrFO2. The summed E-state index contributed by atoms with van der Waals surface area (Å²) >= 11 is 3.58. The number of ether oxygens (including phenoxy) is 1. The Morgan fingerprint density at radius 2 is 2.00 bits per heavy atom. The highest BCUT2D eigenvalue weighted by atomic mass is 79.9. The van der Waals surface area contributed by atoms with Crippen LogP contribution in [0.3, 0.4) is 0 Å². The normalized spacial score (nSPS) is 18.4. The highest BCUT2D eigenvalue weighted by Gasteiger charge is 2.37. The maximum absolute atomic E-state index is 13.3. The summed E-state index contributed by atoms with van der Waals surface area (Å²) in [6.07, 6.45) is 4.95. The molecule has 1 aliphatic carbocycles. The van der Waals surface area contributed by atoms with Crippen LogP contribution in [-0.2, 0) is 0 Å². The highest BCUT2D eigenvalue weighted by Crippen LogP contribution is 2.39. The first-order chi connectivity index (χ1) is 8.57. The summed E-state index contributed by atoms with van der Waals surface area (Å²) in [5.41, 5.74) is 0.507. The minimum atomic E-state index is -0.478. The van der Waals surface area contributed by atoms with Crippen LogP contribution in [0.4, 0.5) is 4.39 Å². The van der Waals surface area contributed by atoms with Crippen molar-refractivity contribution in [1.82, 2.24) is 0 Å². The van der Waals surface area contributed by atoms with Crippen LogP contribution < -0.4 is 4.74 Å². The van der Waals surface area contributed by atoms with Gasteiger partial charge in [0, 0.05) is 5.56 Å². The molecule has 0 unspecified atom stereocenters. The van der Waals surface area contributed by atoms with Gasteiger partial charge in [0.1, 0.15) is 0 Å². The zero-order valence-corrected chi connectivity index (χ0v) is 11.9. The second-order valence-electron chi connectivity index (χ2n) is 4.70. The number of benzene rings is 1. The van der Waals surface area contributed by atoms with E-state index in [0.29, 0.717) is 5.56 Å². The fourth-order valence-electron chi connectivity index (χ4n) is 2.40. The van der Waals surface area contributed by atoms with Gasteiger partial charge in [0.25, 0.3) is 0 Å². The summed E-state index contributed by atoms with van der Waals surface area (Å²) in [5, 5.41) is 0. The number of carbonyl (C=O) groups is 1. The summed E-state index contributed by atoms with van der Waals surface area (Å²) in [6.45, 7) is 0. The van der Waals surface area contributed by atoms with E-state index in [1.165, 1.54) is 31.7 Å². The number of ketones is 1. The standard InChI is InChI=1S/C14H16BrFO2/c1-18-12-9-10(5-6-11(12)16)13(17)14(15)7-3-2-4-8-14/h5-6,9H,2-4,7-8H2,1H3. The Morgan fingerprint density at radius 1 is 1.33 bits per heavy atom. The number of hydrogen-bond donors (Lipinski definition) is 0. The monoisotopic (exact) mass is 314 g/mol. The number of Topliss-reactive ketones (excluding diaryl/α,β-unsaturated/α-hetero) is 1. The van der Waals surface area contributed by atoms with Gasteiger partial charge >= 0.3 is 0 Å². The Morgan fingerprint density at radius 3 is 2.61 bits per heavy atom. The van der Waals surface area contributed by atoms with Crippen LogP contribution in [0.1, 0.15) is 42.5 Å². The minimum Gasteiger partial charge on any atom is -0.494 e. The Kier molecular flexibility index (Phi) is 4.05. The molecule has 0 N–H and O–H groups in total. The molecule has 98 valence electrons. The Bertz CT molecular complexity index is 453. The lowest BCUT2D eigenvalue weighted by molar-refractivity contribution is 0.0923. The number of alkyl halides is 1. The molecule has 0 amide bonds. The minimum absolute atomic E-state index is 0.0282. The van der Waals surface area contributed by atoms with Gasteiger partial charge in [-0.1, -0.05) is 35.2 Å². The van der Waals surface area contributed by atoms with Gasteiger partial charge in [0.15, 0.2) is 17.3 Å². The van der Waals surface area contributed by atoms with E-state index in [9.17, 15) is 9.18 Å². The quantitative estimate of drug-likeness (QED) is 0.620. The smallest absolute Gasteiger partial charge is 0.179 e. The molecule has 4 heteroatoms. The largest absolute Gasteiger partial charge is 0.494 e. The molecule has 0 spiro atoms. The lowest BCUT2D eigenvalue weighted by atomic mass is 9.83. The molecule has 2 nitrogen and oxygen atoms in total. The number of rotatable bonds is 3. The van der Waals surface area contributed by atoms with Gasteiger partial charge in [0.05, 0.1) is 11.4 Å². The van der Waals surface area contributed by atoms with Crippen LogP contribution in [0, 0.1) is 5.82 Å². The van der Waals surface area contributed by atoms with Crippen LogP contribution in [-0.4, -0.2) is 17.2 Å². The number of carbonyl (C=O) groups excluding carboxylic acids is 1. The van der Waals surface area contributed by atoms with E-state index in [1.807, 2.05) is 0 Å². The summed E-state index contributed by atoms with van der Waals surface area (Å²) in [7, 11) is 1.40. The van der Waals surface area contributed by atoms with Crippen LogP contribution in [0.2, 0.25) is 0 Å². The number of halogens is 2. The predicted octanol–water partition coefficient (Wildman–Crippen LogP) is 4.11. The van der Waals surface area contributed by atoms with E-state index in [2.05, 4.69) is 15.9 Å². The molecule has 1 aromatic carbocycles. The van der Waals surface area contributed by atoms with Gasteiger partial charge in [0.2, 0.25) is 0 Å². The molecule has 0 aliphatic heterocycles. The van der Waals surface area contributed by atoms with E-state index in [4.69, 9.17) is 4.74 Å². The number of hydrogen-bond acceptors (Lipinski definition) is 2. The van der Waals surface area contributed by atoms with Crippen LogP contribution >= 0.6 is 15.9 Å². The maximum atomic E-state index is 13.3. The molecule has 1 aliphatic rings. The van der Waals surface area contributed by atoms with Gasteiger partial charge in [-0.25, -0.2) is 4.39 Å². The van der Waals surface area contributed by atoms with E-state index in [1.54, 1.807) is 0 Å². The molecule has 0 saturated heterocycles. The van der Waals surface area contributed by atoms with Gasteiger partial charge in [-0.2, -0.15) is 0 Å². The van der Waals surface area contributed by atoms with Gasteiger partial charge in [-0.3, -0.25) is 4.79 Å². The molecule has 2 rings (SSSR count). The molecule has 0 atom stereocenters. The van der Waals surface area contributed by atoms with E-state index in [0.717, 1.165) is 25.7 Å². The summed E-state index contributed by atoms with van der Waals surface area (Å²) < 4.78 is 17.8. The van der Waals surface area contributed by atoms with Crippen molar-refractivity contribution in [3.63, 3.8) is 0 Å². The predicted molar refractivity (Wildman–Crippen MR) is 72.0 cm³/mol. The maximum Gasteiger partial charge on any atom is 0.179 e. The SMILES string of the molecule is COc1cc(C(=O)C2(Br)CCCCC2)ccc1F. The first kappa shape index (κ1) is 13.5. The third-order valence-corrected chi connectivity index (χ3v) is 4.62. The van der Waals surface area contributed by atoms with E-state index >= 15 is 0 Å². The third kappa shape index (κ3) is 2.58. The lowest BCUT2D eigenvalue weighted by Crippen LogP contribution is -2.34. The molecule has 18 heavy (non-hydrogen) atoms. The van der Waals surface area contributed by atoms with Gasteiger partial charge in [-0.15, -0.1) is 0 Å². The zero-order chi connectivity index (χ0) is 13.2. The summed E-state index contributed by atoms with van der Waals surface area (Å²) in [6, 6.07) is 4.29. The molecule has 0 heterocycles. The third-order valence-electron chi connectivity index (χ3n) is 3.47. The summed E-state index contributed by atoms with van der Waals surface area (Å²) in [5.74, 6) is -0.297. The molecule has 0 bridgehead atoms. The zero-order valence-electron chi connectivity index (χ0n) is 10.3. The molecule has 1 aromatic rings. The molecule has 1 fully saturated rings. The van der Waals surface area contributed by atoms with Crippen molar-refractivity contribution < 1.29 is 13.9 Å². The van der Waals surface area contributed by atoms with Crippen molar-refractivity contribution >= 4 is 21.7 Å². The molecule has 1 saturated carbocycles. The van der Waals surface area contributed by atoms with E-state index < -0.39 is 10.1 Å². The second kappa shape index (κ2) is 5.39. The molecule has 0 radical (unpaired) electrons. The van der Waals surface area contributed by atoms with Crippen LogP contribution in [0.25, 0.3) is 0 Å². The van der Waals surface area contributed by atoms with Crippen LogP contribution in [0.5, 0.6) is 5.75 Å². The average Bonchev–Trinajstić information content (AvgIpc) is 2.39. The van der Waals surface area contributed by atoms with Gasteiger partial charge < -0.3 is 4.74 Å². The first-order valence-corrected chi connectivity index (χ1v) is 6.93. The fraction of sp³-hybridized carbons (Fsp3) is 0.500. The molecular weight excluding hydrogens is 299 g/mol. The van der Waals surface area contributed by atoms with Crippen LogP contribution in [0.15, 0.2) is 18.2 Å². The Hall–Kier alpha value is -0.900. The van der Waals surface area contributed by atoms with Crippen molar-refractivity contribution in [3.05, 3.63) is 29.6 Å². The summed E-state index contributed by atoms with van der Waals surface area (Å²) in [4.78, 5) is 12.5. The fourth-order valence-corrected chi connectivity index (χ4v) is 3.19. The lowest BCUT2D eigenvalue weighted by Gasteiger charge is -2.30. The average molecular weight is 315 g/mol. The topological polar surface area (TPSA) is 26.3 Å². The Balaban J connectivity index is 2.27. The number of methoxy groups -OCH3 is 1. The van der Waals surface area contributed by atoms with Crippen molar-refractivity contribution in [2.45, 2.75) is 36.4 Å². The second-order valence-corrected chi connectivity index (χ2v) is 6.22. The molecule has 0 aromatic heterocycles. The van der Waals surface area contributed by atoms with Crippen molar-refractivity contribution in [3.8, 4) is 5.75 Å². The van der Waals surface area contributed by atoms with Gasteiger partial charge in [-0.05, 0) is 31.0 Å². The Labute approximate surface area is 115 Å². The van der Waals surface area contributed by atoms with Crippen molar-refractivity contribution in [2.75, 3.05) is 7.11 Å². The van der Waals surface area contributed by atoms with Crippen molar-refractivity contribution in [1.29, 1.82) is 0 Å². The van der Waals surface area contributed by atoms with E-state index in [-0.39, 0.29) is 11.5 Å². The first-order valence-electron chi connectivity index (χ1n) is 6.14. The van der Waals surface area contributed by atoms with Crippen molar-refractivity contribution in [2.24, 2.45) is 0 Å².